The molecule has 0 bridgehead atoms. The molecule has 1 saturated heterocycles. The van der Waals surface area contributed by atoms with Crippen molar-refractivity contribution in [1.82, 2.24) is 4.98 Å². The van der Waals surface area contributed by atoms with Crippen LogP contribution < -0.4 is 5.32 Å². The van der Waals surface area contributed by atoms with Gasteiger partial charge in [-0.2, -0.15) is 4.39 Å². The Morgan fingerprint density at radius 1 is 1.60 bits per heavy atom. The largest absolute Gasteiger partial charge is 0.368 e. The molecule has 1 amide bonds. The number of pyridine rings is 1. The minimum absolute atomic E-state index is 0.218. The molecular formula is C10H11FN2O2. The lowest BCUT2D eigenvalue weighted by Gasteiger charge is -2.09. The van der Waals surface area contributed by atoms with Crippen molar-refractivity contribution in [2.24, 2.45) is 0 Å². The molecular weight excluding hydrogens is 199 g/mol. The van der Waals surface area contributed by atoms with E-state index in [0.29, 0.717) is 13.0 Å². The molecule has 0 spiro atoms. The topological polar surface area (TPSA) is 51.2 Å². The number of nitrogens with one attached hydrogen (secondary N) is 1. The Balaban J connectivity index is 1.99. The quantitative estimate of drug-likeness (QED) is 0.749. The van der Waals surface area contributed by atoms with Crippen LogP contribution in [0.3, 0.4) is 0 Å². The highest BCUT2D eigenvalue weighted by molar-refractivity contribution is 5.93. The van der Waals surface area contributed by atoms with Crippen LogP contribution >= 0.6 is 0 Å². The minimum Gasteiger partial charge on any atom is -0.368 e. The molecule has 1 aromatic rings. The summed E-state index contributed by atoms with van der Waals surface area (Å²) >= 11 is 0. The first kappa shape index (κ1) is 10.0. The van der Waals surface area contributed by atoms with E-state index in [1.165, 1.54) is 18.2 Å². The second kappa shape index (κ2) is 4.35. The predicted molar refractivity (Wildman–Crippen MR) is 51.8 cm³/mol. The fraction of sp³-hybridized carbons (Fsp3) is 0.400. The number of aromatic nitrogens is 1. The van der Waals surface area contributed by atoms with Crippen molar-refractivity contribution in [2.75, 3.05) is 11.9 Å². The smallest absolute Gasteiger partial charge is 0.254 e. The number of hydrogen-bond acceptors (Lipinski definition) is 3. The number of ether oxygens (including phenoxy) is 1. The van der Waals surface area contributed by atoms with Gasteiger partial charge >= 0.3 is 0 Å². The second-order valence-electron chi connectivity index (χ2n) is 3.34. The van der Waals surface area contributed by atoms with Crippen LogP contribution in [0, 0.1) is 5.95 Å². The molecule has 4 nitrogen and oxygen atoms in total. The van der Waals surface area contributed by atoms with Gasteiger partial charge in [-0.3, -0.25) is 4.79 Å². The average molecular weight is 210 g/mol. The van der Waals surface area contributed by atoms with E-state index in [1.807, 2.05) is 0 Å². The Bertz CT molecular complexity index is 364. The normalized spacial score (nSPS) is 20.2. The van der Waals surface area contributed by atoms with Crippen LogP contribution in [-0.4, -0.2) is 23.6 Å². The van der Waals surface area contributed by atoms with Gasteiger partial charge in [0.1, 0.15) is 11.9 Å². The molecule has 0 saturated carbocycles. The van der Waals surface area contributed by atoms with Gasteiger partial charge in [0.05, 0.1) is 0 Å². The number of amides is 1. The van der Waals surface area contributed by atoms with Crippen molar-refractivity contribution < 1.29 is 13.9 Å². The molecule has 5 heteroatoms. The van der Waals surface area contributed by atoms with Gasteiger partial charge in [0.25, 0.3) is 5.91 Å². The van der Waals surface area contributed by atoms with Crippen molar-refractivity contribution in [2.45, 2.75) is 18.9 Å². The Kier molecular flexibility index (Phi) is 2.91. The lowest BCUT2D eigenvalue weighted by molar-refractivity contribution is -0.124. The van der Waals surface area contributed by atoms with Crippen molar-refractivity contribution >= 4 is 11.7 Å². The Labute approximate surface area is 86.5 Å². The van der Waals surface area contributed by atoms with Crippen molar-refractivity contribution in [3.8, 4) is 0 Å². The molecule has 80 valence electrons. The summed E-state index contributed by atoms with van der Waals surface area (Å²) in [7, 11) is 0. The van der Waals surface area contributed by atoms with Crippen molar-refractivity contribution in [1.29, 1.82) is 0 Å². The summed E-state index contributed by atoms with van der Waals surface area (Å²) in [6.45, 7) is 0.606. The van der Waals surface area contributed by atoms with Gasteiger partial charge in [-0.25, -0.2) is 4.98 Å². The summed E-state index contributed by atoms with van der Waals surface area (Å²) in [5.74, 6) is -0.652. The van der Waals surface area contributed by atoms with E-state index in [4.69, 9.17) is 4.74 Å². The Morgan fingerprint density at radius 2 is 2.47 bits per heavy atom. The average Bonchev–Trinajstić information content (AvgIpc) is 2.70. The third-order valence-electron chi connectivity index (χ3n) is 2.19. The third kappa shape index (κ3) is 2.50. The molecule has 1 atom stereocenters. The minimum atomic E-state index is -0.611. The van der Waals surface area contributed by atoms with Gasteiger partial charge in [0, 0.05) is 6.61 Å². The van der Waals surface area contributed by atoms with Gasteiger partial charge in [0.15, 0.2) is 0 Å². The maximum atomic E-state index is 12.7. The molecule has 1 aliphatic rings. The molecule has 0 aliphatic carbocycles. The predicted octanol–water partition coefficient (Wildman–Crippen LogP) is 1.34. The molecule has 15 heavy (non-hydrogen) atoms. The number of halogens is 1. The molecule has 2 rings (SSSR count). The molecule has 0 radical (unpaired) electrons. The van der Waals surface area contributed by atoms with Crippen LogP contribution in [0.1, 0.15) is 12.8 Å². The first-order chi connectivity index (χ1) is 7.25. The Morgan fingerprint density at radius 3 is 3.13 bits per heavy atom. The molecule has 0 aromatic carbocycles. The second-order valence-corrected chi connectivity index (χ2v) is 3.34. The Hall–Kier alpha value is -1.49. The summed E-state index contributed by atoms with van der Waals surface area (Å²) in [6, 6.07) is 4.26. The summed E-state index contributed by atoms with van der Waals surface area (Å²) in [6.07, 6.45) is 1.17. The fourth-order valence-corrected chi connectivity index (χ4v) is 1.47. The highest BCUT2D eigenvalue weighted by atomic mass is 19.1. The zero-order valence-electron chi connectivity index (χ0n) is 8.07. The number of hydrogen-bond donors (Lipinski definition) is 1. The zero-order valence-corrected chi connectivity index (χ0v) is 8.07. The first-order valence-corrected chi connectivity index (χ1v) is 4.81. The number of carbonyl (C=O) groups excluding carboxylic acids is 1. The summed E-state index contributed by atoms with van der Waals surface area (Å²) in [5, 5.41) is 2.51. The van der Waals surface area contributed by atoms with E-state index in [9.17, 15) is 9.18 Å². The van der Waals surface area contributed by atoms with Gasteiger partial charge < -0.3 is 10.1 Å². The highest BCUT2D eigenvalue weighted by Crippen LogP contribution is 2.14. The van der Waals surface area contributed by atoms with Crippen molar-refractivity contribution in [3.63, 3.8) is 0 Å². The summed E-state index contributed by atoms with van der Waals surface area (Å²) < 4.78 is 17.9. The number of carbonyl (C=O) groups is 1. The first-order valence-electron chi connectivity index (χ1n) is 4.81. The van der Waals surface area contributed by atoms with Gasteiger partial charge in [-0.15, -0.1) is 0 Å². The number of nitrogens with zero attached hydrogens (tertiary/aromatic N) is 1. The maximum Gasteiger partial charge on any atom is 0.254 e. The van der Waals surface area contributed by atoms with Gasteiger partial charge in [-0.1, -0.05) is 6.07 Å². The van der Waals surface area contributed by atoms with E-state index in [2.05, 4.69) is 10.3 Å². The fourth-order valence-electron chi connectivity index (χ4n) is 1.47. The van der Waals surface area contributed by atoms with Crippen LogP contribution in [0.25, 0.3) is 0 Å². The van der Waals surface area contributed by atoms with Crippen molar-refractivity contribution in [3.05, 3.63) is 24.1 Å². The summed E-state index contributed by atoms with van der Waals surface area (Å²) in [5.41, 5.74) is 0. The van der Waals surface area contributed by atoms with Crippen LogP contribution in [0.15, 0.2) is 18.2 Å². The number of rotatable bonds is 2. The van der Waals surface area contributed by atoms with Crippen LogP contribution in [-0.2, 0) is 9.53 Å². The van der Waals surface area contributed by atoms with Crippen LogP contribution in [0.4, 0.5) is 10.2 Å². The SMILES string of the molecule is O=C(Nc1cccc(F)n1)C1CCCO1. The van der Waals surface area contributed by atoms with E-state index in [-0.39, 0.29) is 11.7 Å². The van der Waals surface area contributed by atoms with Gasteiger partial charge in [-0.05, 0) is 25.0 Å². The van der Waals surface area contributed by atoms with E-state index in [1.54, 1.807) is 0 Å². The van der Waals surface area contributed by atoms with E-state index < -0.39 is 12.1 Å². The van der Waals surface area contributed by atoms with Crippen LogP contribution in [0.5, 0.6) is 0 Å². The number of anilines is 1. The zero-order chi connectivity index (χ0) is 10.7. The lowest BCUT2D eigenvalue weighted by Crippen LogP contribution is -2.27. The lowest BCUT2D eigenvalue weighted by atomic mass is 10.2. The third-order valence-corrected chi connectivity index (χ3v) is 2.19. The van der Waals surface area contributed by atoms with E-state index >= 15 is 0 Å². The maximum absolute atomic E-state index is 12.7. The molecule has 1 N–H and O–H groups in total. The molecule has 2 heterocycles. The van der Waals surface area contributed by atoms with Crippen LogP contribution in [0.2, 0.25) is 0 Å². The summed E-state index contributed by atoms with van der Waals surface area (Å²) in [4.78, 5) is 15.1. The van der Waals surface area contributed by atoms with E-state index in [0.717, 1.165) is 6.42 Å². The standard InChI is InChI=1S/C10H11FN2O2/c11-8-4-1-5-9(12-8)13-10(14)7-3-2-6-15-7/h1,4-5,7H,2-3,6H2,(H,12,13,14). The monoisotopic (exact) mass is 210 g/mol. The molecule has 1 fully saturated rings. The molecule has 1 aliphatic heterocycles. The molecule has 1 unspecified atom stereocenters. The highest BCUT2D eigenvalue weighted by Gasteiger charge is 2.23. The van der Waals surface area contributed by atoms with Gasteiger partial charge in [0.2, 0.25) is 5.95 Å². The molecule has 1 aromatic heterocycles.